The molecule has 0 bridgehead atoms. The highest BCUT2D eigenvalue weighted by molar-refractivity contribution is 5.74. The second kappa shape index (κ2) is 8.39. The van der Waals surface area contributed by atoms with Crippen molar-refractivity contribution in [2.75, 3.05) is 0 Å². The molecular weight excluding hydrogens is 483 g/mol. The topological polar surface area (TPSA) is 83.4 Å². The van der Waals surface area contributed by atoms with Crippen LogP contribution in [0.1, 0.15) is 35.7 Å². The van der Waals surface area contributed by atoms with Crippen molar-refractivity contribution in [3.63, 3.8) is 0 Å². The average Bonchev–Trinajstić information content (AvgIpc) is 3.62. The van der Waals surface area contributed by atoms with Gasteiger partial charge in [-0.05, 0) is 30.5 Å². The van der Waals surface area contributed by atoms with Gasteiger partial charge >= 0.3 is 11.9 Å². The molecule has 1 aliphatic rings. The number of halogens is 3. The van der Waals surface area contributed by atoms with E-state index >= 15 is 0 Å². The van der Waals surface area contributed by atoms with Crippen LogP contribution in [0.15, 0.2) is 59.8 Å². The second-order valence-corrected chi connectivity index (χ2v) is 9.30. The molecule has 0 saturated heterocycles. The van der Waals surface area contributed by atoms with E-state index in [4.69, 9.17) is 4.98 Å². The second-order valence-electron chi connectivity index (χ2n) is 9.30. The van der Waals surface area contributed by atoms with Crippen LogP contribution in [0.3, 0.4) is 0 Å². The zero-order valence-corrected chi connectivity index (χ0v) is 20.1. The quantitative estimate of drug-likeness (QED) is 0.350. The number of nitrogens with zero attached hydrogens (tertiary/aromatic N) is 7. The van der Waals surface area contributed by atoms with Crippen LogP contribution >= 0.6 is 0 Å². The Bertz CT molecular complexity index is 1690. The van der Waals surface area contributed by atoms with Gasteiger partial charge in [0, 0.05) is 43.5 Å². The van der Waals surface area contributed by atoms with Crippen LogP contribution in [0.4, 0.5) is 13.2 Å². The Morgan fingerprint density at radius 2 is 1.78 bits per heavy atom. The molecule has 11 heteroatoms. The third kappa shape index (κ3) is 4.09. The number of alkyl halides is 3. The molecule has 1 fully saturated rings. The smallest absolute Gasteiger partial charge is 0.333 e. The number of hydrogen-bond donors (Lipinski definition) is 0. The number of aryl methyl sites for hydroxylation is 2. The summed E-state index contributed by atoms with van der Waals surface area (Å²) in [4.78, 5) is 30.7. The lowest BCUT2D eigenvalue weighted by molar-refractivity contribution is -0.140. The molecule has 8 nitrogen and oxygen atoms in total. The highest BCUT2D eigenvalue weighted by atomic mass is 19.4. The summed E-state index contributed by atoms with van der Waals surface area (Å²) >= 11 is 0. The summed E-state index contributed by atoms with van der Waals surface area (Å²) in [6, 6.07) is 10.8. The maximum atomic E-state index is 13.1. The van der Waals surface area contributed by atoms with Crippen molar-refractivity contribution in [1.29, 1.82) is 0 Å². The van der Waals surface area contributed by atoms with Gasteiger partial charge in [-0.1, -0.05) is 24.3 Å². The van der Waals surface area contributed by atoms with Crippen molar-refractivity contribution in [3.8, 4) is 22.8 Å². The van der Waals surface area contributed by atoms with Crippen molar-refractivity contribution < 1.29 is 13.2 Å². The number of hydrogen-bond acceptors (Lipinski definition) is 5. The largest absolute Gasteiger partial charge is 0.434 e. The van der Waals surface area contributed by atoms with Crippen molar-refractivity contribution in [2.24, 2.45) is 14.1 Å². The normalized spacial score (nSPS) is 14.0. The Hall–Kier alpha value is -4.28. The Balaban J connectivity index is 1.35. The third-order valence-electron chi connectivity index (χ3n) is 6.65. The van der Waals surface area contributed by atoms with Gasteiger partial charge in [0.15, 0.2) is 17.2 Å². The van der Waals surface area contributed by atoms with Gasteiger partial charge in [-0.15, -0.1) is 0 Å². The van der Waals surface area contributed by atoms with Gasteiger partial charge < -0.3 is 4.57 Å². The summed E-state index contributed by atoms with van der Waals surface area (Å²) in [5, 5.41) is 0. The summed E-state index contributed by atoms with van der Waals surface area (Å²) in [7, 11) is 3.20. The van der Waals surface area contributed by atoms with Crippen LogP contribution in [-0.2, 0) is 26.8 Å². The van der Waals surface area contributed by atoms with E-state index in [0.717, 1.165) is 35.9 Å². The molecular formula is C26H22F3N7O. The maximum absolute atomic E-state index is 13.1. The van der Waals surface area contributed by atoms with E-state index in [0.29, 0.717) is 28.5 Å². The summed E-state index contributed by atoms with van der Waals surface area (Å²) in [6.45, 7) is 0.240. The highest BCUT2D eigenvalue weighted by Gasteiger charge is 2.34. The van der Waals surface area contributed by atoms with Gasteiger partial charge in [0.1, 0.15) is 11.3 Å². The van der Waals surface area contributed by atoms with Gasteiger partial charge in [-0.3, -0.25) is 14.1 Å². The lowest BCUT2D eigenvalue weighted by Crippen LogP contribution is -2.22. The molecule has 1 aliphatic carbocycles. The first kappa shape index (κ1) is 23.1. The number of imidazole rings is 2. The van der Waals surface area contributed by atoms with Crippen molar-refractivity contribution in [1.82, 2.24) is 33.6 Å². The van der Waals surface area contributed by atoms with Crippen LogP contribution in [0.5, 0.6) is 0 Å². The summed E-state index contributed by atoms with van der Waals surface area (Å²) < 4.78 is 43.6. The molecule has 188 valence electrons. The van der Waals surface area contributed by atoms with Crippen LogP contribution < -0.4 is 5.69 Å². The van der Waals surface area contributed by atoms with E-state index in [-0.39, 0.29) is 18.1 Å². The Morgan fingerprint density at radius 1 is 1.03 bits per heavy atom. The van der Waals surface area contributed by atoms with Crippen molar-refractivity contribution >= 4 is 11.2 Å². The van der Waals surface area contributed by atoms with Gasteiger partial charge in [-0.2, -0.15) is 13.2 Å². The lowest BCUT2D eigenvalue weighted by Gasteiger charge is -2.08. The van der Waals surface area contributed by atoms with E-state index in [2.05, 4.69) is 15.0 Å². The maximum Gasteiger partial charge on any atom is 0.434 e. The number of benzene rings is 1. The Kier molecular flexibility index (Phi) is 5.25. The monoisotopic (exact) mass is 505 g/mol. The lowest BCUT2D eigenvalue weighted by atomic mass is 10.1. The number of pyridine rings is 1. The fourth-order valence-electron chi connectivity index (χ4n) is 4.55. The molecule has 0 atom stereocenters. The molecule has 0 unspecified atom stereocenters. The minimum Gasteiger partial charge on any atom is -0.333 e. The Morgan fingerprint density at radius 3 is 2.46 bits per heavy atom. The van der Waals surface area contributed by atoms with Crippen LogP contribution in [0.2, 0.25) is 0 Å². The van der Waals surface area contributed by atoms with E-state index in [1.807, 2.05) is 12.1 Å². The SMILES string of the molecule is Cn1cc(C(F)(F)F)nc1-c1ccc(Cn2c(=O)n(C)c3cnc(-c4cccnc4C4CC4)nc32)cc1. The van der Waals surface area contributed by atoms with E-state index < -0.39 is 11.9 Å². The first-order valence-corrected chi connectivity index (χ1v) is 11.8. The van der Waals surface area contributed by atoms with Gasteiger partial charge in [0.05, 0.1) is 18.4 Å². The van der Waals surface area contributed by atoms with Gasteiger partial charge in [0.2, 0.25) is 0 Å². The number of rotatable bonds is 5. The summed E-state index contributed by atoms with van der Waals surface area (Å²) in [5.41, 5.74) is 3.12. The van der Waals surface area contributed by atoms with Crippen LogP contribution in [-0.4, -0.2) is 33.6 Å². The van der Waals surface area contributed by atoms with Crippen LogP contribution in [0.25, 0.3) is 33.9 Å². The summed E-state index contributed by atoms with van der Waals surface area (Å²) in [6.07, 6.45) is 2.06. The van der Waals surface area contributed by atoms with Crippen LogP contribution in [0, 0.1) is 0 Å². The zero-order chi connectivity index (χ0) is 25.9. The minimum absolute atomic E-state index is 0.210. The molecule has 6 rings (SSSR count). The molecule has 0 spiro atoms. The van der Waals surface area contributed by atoms with Gasteiger partial charge in [-0.25, -0.2) is 19.7 Å². The summed E-state index contributed by atoms with van der Waals surface area (Å²) in [5.74, 6) is 1.15. The fraction of sp³-hybridized carbons (Fsp3) is 0.269. The number of aromatic nitrogens is 7. The van der Waals surface area contributed by atoms with Crippen molar-refractivity contribution in [3.05, 3.63) is 82.4 Å². The fourth-order valence-corrected chi connectivity index (χ4v) is 4.55. The molecule has 37 heavy (non-hydrogen) atoms. The molecule has 5 aromatic rings. The molecule has 1 aromatic carbocycles. The minimum atomic E-state index is -4.51. The predicted molar refractivity (Wildman–Crippen MR) is 131 cm³/mol. The Labute approximate surface area is 209 Å². The molecule has 0 aliphatic heterocycles. The van der Waals surface area contributed by atoms with E-state index in [9.17, 15) is 18.0 Å². The van der Waals surface area contributed by atoms with Crippen molar-refractivity contribution in [2.45, 2.75) is 31.5 Å². The van der Waals surface area contributed by atoms with Gasteiger partial charge in [0.25, 0.3) is 0 Å². The molecule has 4 heterocycles. The first-order valence-electron chi connectivity index (χ1n) is 11.8. The molecule has 0 N–H and O–H groups in total. The zero-order valence-electron chi connectivity index (χ0n) is 20.1. The molecule has 0 radical (unpaired) electrons. The van der Waals surface area contributed by atoms with E-state index in [1.165, 1.54) is 16.2 Å². The van der Waals surface area contributed by atoms with E-state index in [1.54, 1.807) is 48.3 Å². The predicted octanol–water partition coefficient (Wildman–Crippen LogP) is 4.54. The molecule has 1 saturated carbocycles. The standard InChI is InChI=1S/C26H22F3N7O/c1-34-14-20(26(27,28)29)32-23(34)17-7-5-15(6-8-17)13-36-24-19(35(2)25(36)37)12-31-22(33-24)18-4-3-11-30-21(18)16-9-10-16/h3-8,11-12,14,16H,9-10,13H2,1-2H3. The average molecular weight is 506 g/mol. The molecule has 0 amide bonds. The molecule has 4 aromatic heterocycles. The third-order valence-corrected chi connectivity index (χ3v) is 6.65. The highest BCUT2D eigenvalue weighted by Crippen LogP contribution is 2.42. The number of fused-ring (bicyclic) bond motifs is 1. The first-order chi connectivity index (χ1) is 17.7.